The number of amides is 1. The molecule has 3 unspecified atom stereocenters. The molecule has 5 nitrogen and oxygen atoms in total. The fourth-order valence-electron chi connectivity index (χ4n) is 2.97. The van der Waals surface area contributed by atoms with E-state index in [2.05, 4.69) is 19.2 Å². The highest BCUT2D eigenvalue weighted by atomic mass is 16.5. The van der Waals surface area contributed by atoms with E-state index in [1.807, 2.05) is 11.8 Å². The van der Waals surface area contributed by atoms with Crippen molar-refractivity contribution in [1.82, 2.24) is 10.2 Å². The van der Waals surface area contributed by atoms with E-state index in [0.29, 0.717) is 25.7 Å². The molecule has 2 aliphatic heterocycles. The van der Waals surface area contributed by atoms with Crippen molar-refractivity contribution in [3.63, 3.8) is 0 Å². The second kappa shape index (κ2) is 5.77. The van der Waals surface area contributed by atoms with Gasteiger partial charge >= 0.3 is 0 Å². The monoisotopic (exact) mass is 270 g/mol. The standard InChI is InChI=1S/C14H26N2O3/c1-5-11-13(17)16(12(15-11)10(2)3)8-14(18-4)6-7-19-9-14/h10-12,15H,5-9H2,1-4H3. The van der Waals surface area contributed by atoms with Gasteiger partial charge in [-0.3, -0.25) is 10.1 Å². The van der Waals surface area contributed by atoms with E-state index in [1.54, 1.807) is 7.11 Å². The van der Waals surface area contributed by atoms with Gasteiger partial charge in [0.1, 0.15) is 5.60 Å². The average molecular weight is 270 g/mol. The van der Waals surface area contributed by atoms with Crippen LogP contribution < -0.4 is 5.32 Å². The zero-order valence-corrected chi connectivity index (χ0v) is 12.4. The summed E-state index contributed by atoms with van der Waals surface area (Å²) in [6.07, 6.45) is 1.79. The maximum Gasteiger partial charge on any atom is 0.241 e. The first-order valence-electron chi connectivity index (χ1n) is 7.22. The van der Waals surface area contributed by atoms with E-state index < -0.39 is 0 Å². The van der Waals surface area contributed by atoms with E-state index in [4.69, 9.17) is 9.47 Å². The van der Waals surface area contributed by atoms with Crippen LogP contribution >= 0.6 is 0 Å². The predicted molar refractivity (Wildman–Crippen MR) is 72.7 cm³/mol. The van der Waals surface area contributed by atoms with Crippen LogP contribution in [0.2, 0.25) is 0 Å². The van der Waals surface area contributed by atoms with Crippen LogP contribution in [0.4, 0.5) is 0 Å². The van der Waals surface area contributed by atoms with E-state index in [9.17, 15) is 4.79 Å². The summed E-state index contributed by atoms with van der Waals surface area (Å²) >= 11 is 0. The molecule has 2 aliphatic rings. The van der Waals surface area contributed by atoms with Gasteiger partial charge in [0.05, 0.1) is 25.4 Å². The maximum atomic E-state index is 12.5. The number of nitrogens with one attached hydrogen (secondary N) is 1. The molecule has 0 aromatic rings. The molecule has 3 atom stereocenters. The summed E-state index contributed by atoms with van der Waals surface area (Å²) in [6, 6.07) is -0.0522. The lowest BCUT2D eigenvalue weighted by Crippen LogP contribution is -2.51. The highest BCUT2D eigenvalue weighted by Gasteiger charge is 2.45. The molecular formula is C14H26N2O3. The van der Waals surface area contributed by atoms with Crippen LogP contribution in [0.25, 0.3) is 0 Å². The molecule has 1 N–H and O–H groups in total. The van der Waals surface area contributed by atoms with Crippen molar-refractivity contribution in [2.45, 2.75) is 51.4 Å². The Bertz CT molecular complexity index is 327. The first kappa shape index (κ1) is 14.8. The van der Waals surface area contributed by atoms with Gasteiger partial charge in [0.2, 0.25) is 5.91 Å². The van der Waals surface area contributed by atoms with Crippen LogP contribution in [0, 0.1) is 5.92 Å². The Labute approximate surface area is 115 Å². The van der Waals surface area contributed by atoms with Crippen LogP contribution in [0.15, 0.2) is 0 Å². The largest absolute Gasteiger partial charge is 0.378 e. The lowest BCUT2D eigenvalue weighted by atomic mass is 10.0. The molecule has 2 saturated heterocycles. The van der Waals surface area contributed by atoms with Gasteiger partial charge in [0.25, 0.3) is 0 Å². The second-order valence-electron chi connectivity index (χ2n) is 5.97. The van der Waals surface area contributed by atoms with Crippen molar-refractivity contribution in [2.24, 2.45) is 5.92 Å². The van der Waals surface area contributed by atoms with Gasteiger partial charge in [0, 0.05) is 20.1 Å². The summed E-state index contributed by atoms with van der Waals surface area (Å²) in [5, 5.41) is 3.44. The lowest BCUT2D eigenvalue weighted by Gasteiger charge is -2.35. The highest BCUT2D eigenvalue weighted by Crippen LogP contribution is 2.28. The number of hydrogen-bond donors (Lipinski definition) is 1. The summed E-state index contributed by atoms with van der Waals surface area (Å²) in [5.74, 6) is 0.584. The number of methoxy groups -OCH3 is 1. The van der Waals surface area contributed by atoms with Crippen molar-refractivity contribution in [2.75, 3.05) is 26.9 Å². The number of nitrogens with zero attached hydrogens (tertiary/aromatic N) is 1. The average Bonchev–Trinajstić information content (AvgIpc) is 2.97. The number of ether oxygens (including phenoxy) is 2. The third-order valence-electron chi connectivity index (χ3n) is 4.29. The predicted octanol–water partition coefficient (Wildman–Crippen LogP) is 0.984. The molecule has 5 heteroatoms. The fourth-order valence-corrected chi connectivity index (χ4v) is 2.97. The van der Waals surface area contributed by atoms with Crippen molar-refractivity contribution >= 4 is 5.91 Å². The highest BCUT2D eigenvalue weighted by molar-refractivity contribution is 5.84. The minimum atomic E-state index is -0.326. The van der Waals surface area contributed by atoms with Crippen LogP contribution in [0.5, 0.6) is 0 Å². The van der Waals surface area contributed by atoms with Crippen LogP contribution in [-0.4, -0.2) is 55.5 Å². The van der Waals surface area contributed by atoms with Crippen molar-refractivity contribution in [3.8, 4) is 0 Å². The lowest BCUT2D eigenvalue weighted by molar-refractivity contribution is -0.135. The Hall–Kier alpha value is -0.650. The Morgan fingerprint density at radius 1 is 1.58 bits per heavy atom. The van der Waals surface area contributed by atoms with E-state index in [-0.39, 0.29) is 23.7 Å². The summed E-state index contributed by atoms with van der Waals surface area (Å²) in [4.78, 5) is 14.4. The number of carbonyl (C=O) groups is 1. The molecule has 0 aliphatic carbocycles. The Balaban J connectivity index is 2.13. The molecule has 2 fully saturated rings. The van der Waals surface area contributed by atoms with Gasteiger partial charge in [-0.2, -0.15) is 0 Å². The zero-order valence-electron chi connectivity index (χ0n) is 12.4. The summed E-state index contributed by atoms with van der Waals surface area (Å²) < 4.78 is 11.1. The summed E-state index contributed by atoms with van der Waals surface area (Å²) in [7, 11) is 1.71. The second-order valence-corrected chi connectivity index (χ2v) is 5.97. The number of carbonyl (C=O) groups excluding carboxylic acids is 1. The van der Waals surface area contributed by atoms with Gasteiger partial charge in [-0.05, 0) is 12.3 Å². The molecule has 1 amide bonds. The van der Waals surface area contributed by atoms with Gasteiger partial charge in [0.15, 0.2) is 0 Å². The van der Waals surface area contributed by atoms with Gasteiger partial charge in [-0.1, -0.05) is 20.8 Å². The summed E-state index contributed by atoms with van der Waals surface area (Å²) in [5.41, 5.74) is -0.326. The molecule has 0 saturated carbocycles. The van der Waals surface area contributed by atoms with E-state index in [1.165, 1.54) is 0 Å². The fraction of sp³-hybridized carbons (Fsp3) is 0.929. The van der Waals surface area contributed by atoms with Crippen LogP contribution in [0.1, 0.15) is 33.6 Å². The topological polar surface area (TPSA) is 50.8 Å². The third-order valence-corrected chi connectivity index (χ3v) is 4.29. The minimum absolute atomic E-state index is 0.0522. The zero-order chi connectivity index (χ0) is 14.0. The Morgan fingerprint density at radius 2 is 2.32 bits per heavy atom. The molecule has 2 heterocycles. The number of rotatable bonds is 5. The van der Waals surface area contributed by atoms with Gasteiger partial charge in [-0.25, -0.2) is 0 Å². The number of hydrogen-bond acceptors (Lipinski definition) is 4. The molecule has 0 bridgehead atoms. The molecule has 2 rings (SSSR count). The first-order valence-corrected chi connectivity index (χ1v) is 7.22. The maximum absolute atomic E-state index is 12.5. The van der Waals surface area contributed by atoms with Crippen molar-refractivity contribution < 1.29 is 14.3 Å². The summed E-state index contributed by atoms with van der Waals surface area (Å²) in [6.45, 7) is 8.23. The van der Waals surface area contributed by atoms with E-state index >= 15 is 0 Å². The molecule has 0 aromatic carbocycles. The first-order chi connectivity index (χ1) is 9.03. The van der Waals surface area contributed by atoms with Crippen LogP contribution in [-0.2, 0) is 14.3 Å². The molecule has 110 valence electrons. The van der Waals surface area contributed by atoms with Crippen LogP contribution in [0.3, 0.4) is 0 Å². The molecular weight excluding hydrogens is 244 g/mol. The van der Waals surface area contributed by atoms with E-state index in [0.717, 1.165) is 12.8 Å². The van der Waals surface area contributed by atoms with Crippen molar-refractivity contribution in [3.05, 3.63) is 0 Å². The third kappa shape index (κ3) is 2.78. The Morgan fingerprint density at radius 3 is 2.79 bits per heavy atom. The quantitative estimate of drug-likeness (QED) is 0.809. The molecule has 19 heavy (non-hydrogen) atoms. The van der Waals surface area contributed by atoms with Crippen molar-refractivity contribution in [1.29, 1.82) is 0 Å². The smallest absolute Gasteiger partial charge is 0.241 e. The molecule has 0 aromatic heterocycles. The Kier molecular flexibility index (Phi) is 4.48. The van der Waals surface area contributed by atoms with Gasteiger partial charge < -0.3 is 14.4 Å². The molecule has 0 radical (unpaired) electrons. The normalized spacial score (nSPS) is 35.6. The molecule has 0 spiro atoms. The SMILES string of the molecule is CCC1NC(C(C)C)N(CC2(OC)CCOC2)C1=O. The van der Waals surface area contributed by atoms with Gasteiger partial charge in [-0.15, -0.1) is 0 Å². The minimum Gasteiger partial charge on any atom is -0.378 e.